The fraction of sp³-hybridized carbons (Fsp3) is 0.545. The number of carbonyl (C=O) groups excluding carboxylic acids is 3. The van der Waals surface area contributed by atoms with Crippen molar-refractivity contribution in [3.05, 3.63) is 71.8 Å². The van der Waals surface area contributed by atoms with Gasteiger partial charge < -0.3 is 9.80 Å². The molecular formula is C33H46N2O3. The number of ketones is 1. The van der Waals surface area contributed by atoms with Gasteiger partial charge in [0.15, 0.2) is 0 Å². The van der Waals surface area contributed by atoms with Gasteiger partial charge in [0, 0.05) is 25.0 Å². The van der Waals surface area contributed by atoms with Crippen LogP contribution in [-0.2, 0) is 27.2 Å². The van der Waals surface area contributed by atoms with E-state index in [9.17, 15) is 14.4 Å². The summed E-state index contributed by atoms with van der Waals surface area (Å²) < 4.78 is 0. The van der Waals surface area contributed by atoms with E-state index in [2.05, 4.69) is 48.5 Å². The molecule has 0 aromatic heterocycles. The molecule has 1 aliphatic heterocycles. The maximum Gasteiger partial charge on any atom is 0.291 e. The van der Waals surface area contributed by atoms with E-state index in [0.29, 0.717) is 32.5 Å². The number of hydrogen-bond donors (Lipinski definition) is 0. The van der Waals surface area contributed by atoms with Crippen LogP contribution >= 0.6 is 0 Å². The summed E-state index contributed by atoms with van der Waals surface area (Å²) in [4.78, 5) is 43.8. The van der Waals surface area contributed by atoms with Crippen molar-refractivity contribution in [3.63, 3.8) is 0 Å². The molecule has 0 spiro atoms. The lowest BCUT2D eigenvalue weighted by atomic mass is 9.84. The van der Waals surface area contributed by atoms with Crippen molar-refractivity contribution < 1.29 is 14.4 Å². The van der Waals surface area contributed by atoms with Gasteiger partial charge in [-0.25, -0.2) is 0 Å². The highest BCUT2D eigenvalue weighted by Crippen LogP contribution is 2.26. The average molecular weight is 519 g/mol. The standard InChI is InChI=1S/C33H46N2O3/c1-4-33(2,3)30(36)32(38)35-26-16-13-23-29(35)31(37)34(24-14-11-21-27-17-7-5-8-18-27)25-15-12-22-28-19-9-6-10-20-28/h5-10,17-20,29H,4,11-16,21-26H2,1-3H3. The lowest BCUT2D eigenvalue weighted by Gasteiger charge is -2.38. The first-order valence-electron chi connectivity index (χ1n) is 14.6. The Labute approximate surface area is 229 Å². The zero-order valence-corrected chi connectivity index (χ0v) is 23.7. The molecule has 3 rings (SSSR count). The average Bonchev–Trinajstić information content (AvgIpc) is 2.96. The predicted molar refractivity (Wildman–Crippen MR) is 154 cm³/mol. The van der Waals surface area contributed by atoms with Crippen LogP contribution in [0.5, 0.6) is 0 Å². The van der Waals surface area contributed by atoms with Gasteiger partial charge >= 0.3 is 0 Å². The van der Waals surface area contributed by atoms with E-state index in [0.717, 1.165) is 51.4 Å². The van der Waals surface area contributed by atoms with Gasteiger partial charge in [0.05, 0.1) is 0 Å². The number of Topliss-reactive ketones (excluding diaryl/α,β-unsaturated/α-hetero) is 1. The molecule has 0 bridgehead atoms. The minimum absolute atomic E-state index is 0.0135. The summed E-state index contributed by atoms with van der Waals surface area (Å²) in [5.41, 5.74) is 1.92. The molecule has 1 fully saturated rings. The van der Waals surface area contributed by atoms with Crippen LogP contribution in [0.25, 0.3) is 0 Å². The second kappa shape index (κ2) is 14.8. The van der Waals surface area contributed by atoms with Crippen LogP contribution in [0, 0.1) is 5.41 Å². The number of benzene rings is 2. The second-order valence-electron chi connectivity index (χ2n) is 11.3. The van der Waals surface area contributed by atoms with E-state index < -0.39 is 17.4 Å². The SMILES string of the molecule is CCC(C)(C)C(=O)C(=O)N1CCCCC1C(=O)N(CCCCc1ccccc1)CCCCc1ccccc1. The van der Waals surface area contributed by atoms with Crippen molar-refractivity contribution >= 4 is 17.6 Å². The molecule has 1 unspecified atom stereocenters. The van der Waals surface area contributed by atoms with Crippen molar-refractivity contribution in [2.45, 2.75) is 91.0 Å². The lowest BCUT2D eigenvalue weighted by Crippen LogP contribution is -2.56. The lowest BCUT2D eigenvalue weighted by molar-refractivity contribution is -0.156. The maximum absolute atomic E-state index is 13.9. The first-order chi connectivity index (χ1) is 18.3. The monoisotopic (exact) mass is 518 g/mol. The summed E-state index contributed by atoms with van der Waals surface area (Å²) in [5.74, 6) is -0.848. The third-order valence-electron chi connectivity index (χ3n) is 8.03. The van der Waals surface area contributed by atoms with Crippen LogP contribution in [0.15, 0.2) is 60.7 Å². The topological polar surface area (TPSA) is 57.7 Å². The van der Waals surface area contributed by atoms with Crippen molar-refractivity contribution in [1.82, 2.24) is 9.80 Å². The first kappa shape index (κ1) is 29.6. The van der Waals surface area contributed by atoms with E-state index in [-0.39, 0.29) is 11.7 Å². The molecule has 5 nitrogen and oxygen atoms in total. The molecule has 2 aromatic rings. The zero-order valence-electron chi connectivity index (χ0n) is 23.7. The minimum atomic E-state index is -0.712. The molecule has 0 aliphatic carbocycles. The number of amides is 2. The van der Waals surface area contributed by atoms with E-state index in [1.807, 2.05) is 37.8 Å². The largest absolute Gasteiger partial charge is 0.341 e. The quantitative estimate of drug-likeness (QED) is 0.219. The summed E-state index contributed by atoms with van der Waals surface area (Å²) in [6, 6.07) is 20.4. The molecule has 5 heteroatoms. The summed E-state index contributed by atoms with van der Waals surface area (Å²) in [6.45, 7) is 7.42. The van der Waals surface area contributed by atoms with Crippen LogP contribution in [-0.4, -0.2) is 53.1 Å². The van der Waals surface area contributed by atoms with Gasteiger partial charge in [-0.15, -0.1) is 0 Å². The predicted octanol–water partition coefficient (Wildman–Crippen LogP) is 6.25. The summed E-state index contributed by atoms with van der Waals surface area (Å²) in [7, 11) is 0. The Morgan fingerprint density at radius 1 is 0.816 bits per heavy atom. The maximum atomic E-state index is 13.9. The molecule has 206 valence electrons. The third-order valence-corrected chi connectivity index (χ3v) is 8.03. The van der Waals surface area contributed by atoms with Crippen LogP contribution in [0.2, 0.25) is 0 Å². The highest BCUT2D eigenvalue weighted by molar-refractivity contribution is 6.38. The van der Waals surface area contributed by atoms with E-state index in [1.165, 1.54) is 11.1 Å². The second-order valence-corrected chi connectivity index (χ2v) is 11.3. The molecule has 1 heterocycles. The molecule has 1 atom stereocenters. The number of rotatable bonds is 14. The molecule has 38 heavy (non-hydrogen) atoms. The van der Waals surface area contributed by atoms with Gasteiger partial charge in [0.25, 0.3) is 5.91 Å². The van der Waals surface area contributed by atoms with Gasteiger partial charge in [-0.3, -0.25) is 14.4 Å². The normalized spacial score (nSPS) is 15.8. The third kappa shape index (κ3) is 8.54. The van der Waals surface area contributed by atoms with E-state index in [4.69, 9.17) is 0 Å². The highest BCUT2D eigenvalue weighted by atomic mass is 16.2. The van der Waals surface area contributed by atoms with Crippen LogP contribution in [0.4, 0.5) is 0 Å². The molecule has 0 N–H and O–H groups in total. The number of hydrogen-bond acceptors (Lipinski definition) is 3. The van der Waals surface area contributed by atoms with Crippen molar-refractivity contribution in [2.75, 3.05) is 19.6 Å². The Kier molecular flexibility index (Phi) is 11.6. The number of aryl methyl sites for hydroxylation is 2. The Hall–Kier alpha value is -2.95. The summed E-state index contributed by atoms with van der Waals surface area (Å²) >= 11 is 0. The zero-order chi connectivity index (χ0) is 27.4. The Morgan fingerprint density at radius 2 is 1.34 bits per heavy atom. The molecular weight excluding hydrogens is 472 g/mol. The van der Waals surface area contributed by atoms with Gasteiger partial charge in [0.1, 0.15) is 6.04 Å². The number of nitrogens with zero attached hydrogens (tertiary/aromatic N) is 2. The van der Waals surface area contributed by atoms with Crippen molar-refractivity contribution in [2.24, 2.45) is 5.41 Å². The van der Waals surface area contributed by atoms with E-state index in [1.54, 1.807) is 4.90 Å². The molecule has 2 aromatic carbocycles. The van der Waals surface area contributed by atoms with Gasteiger partial charge in [0.2, 0.25) is 11.7 Å². The van der Waals surface area contributed by atoms with Gasteiger partial charge in [-0.2, -0.15) is 0 Å². The molecule has 1 aliphatic rings. The number of carbonyl (C=O) groups is 3. The molecule has 0 radical (unpaired) electrons. The van der Waals surface area contributed by atoms with Gasteiger partial charge in [-0.1, -0.05) is 81.4 Å². The fourth-order valence-electron chi connectivity index (χ4n) is 5.11. The summed E-state index contributed by atoms with van der Waals surface area (Å²) in [6.07, 6.45) is 8.81. The first-order valence-corrected chi connectivity index (χ1v) is 14.6. The Bertz CT molecular complexity index is 972. The van der Waals surface area contributed by atoms with Crippen molar-refractivity contribution in [1.29, 1.82) is 0 Å². The van der Waals surface area contributed by atoms with E-state index >= 15 is 0 Å². The van der Waals surface area contributed by atoms with Crippen LogP contribution in [0.3, 0.4) is 0 Å². The minimum Gasteiger partial charge on any atom is -0.341 e. The summed E-state index contributed by atoms with van der Waals surface area (Å²) in [5, 5.41) is 0. The molecule has 2 amide bonds. The van der Waals surface area contributed by atoms with Crippen LogP contribution < -0.4 is 0 Å². The highest BCUT2D eigenvalue weighted by Gasteiger charge is 2.40. The molecule has 0 saturated carbocycles. The number of piperidine rings is 1. The molecule has 1 saturated heterocycles. The fourth-order valence-corrected chi connectivity index (χ4v) is 5.11. The smallest absolute Gasteiger partial charge is 0.291 e. The van der Waals surface area contributed by atoms with Crippen molar-refractivity contribution in [3.8, 4) is 0 Å². The number of likely N-dealkylation sites (tertiary alicyclic amines) is 1. The van der Waals surface area contributed by atoms with Crippen LogP contribution in [0.1, 0.15) is 83.3 Å². The Balaban J connectivity index is 1.65. The van der Waals surface area contributed by atoms with Gasteiger partial charge in [-0.05, 0) is 75.3 Å². The Morgan fingerprint density at radius 3 is 1.84 bits per heavy atom. The number of unbranched alkanes of at least 4 members (excludes halogenated alkanes) is 2.